The average Bonchev–Trinajstić information content (AvgIpc) is 3.52. The van der Waals surface area contributed by atoms with Gasteiger partial charge in [0.15, 0.2) is 0 Å². The van der Waals surface area contributed by atoms with Gasteiger partial charge < -0.3 is 19.7 Å². The Hall–Kier alpha value is -2.01. The van der Waals surface area contributed by atoms with Gasteiger partial charge in [0.05, 0.1) is 6.16 Å². The number of carbonyl (C=O) groups is 4. The molecule has 0 aromatic heterocycles. The van der Waals surface area contributed by atoms with Gasteiger partial charge in [-0.25, -0.2) is 5.43 Å². The van der Waals surface area contributed by atoms with Gasteiger partial charge >= 0.3 is 19.5 Å². The fourth-order valence-corrected chi connectivity index (χ4v) is 5.41. The molecule has 13 heteroatoms. The molecule has 2 aliphatic rings. The van der Waals surface area contributed by atoms with Crippen molar-refractivity contribution in [2.75, 3.05) is 32.5 Å². The largest absolute Gasteiger partial charge is 0.463 e. The molecule has 2 amide bonds. The summed E-state index contributed by atoms with van der Waals surface area (Å²) < 4.78 is 27.6. The summed E-state index contributed by atoms with van der Waals surface area (Å²) >= 11 is 0. The van der Waals surface area contributed by atoms with Gasteiger partial charge in [0.1, 0.15) is 25.9 Å². The van der Waals surface area contributed by atoms with E-state index >= 15 is 0 Å². The van der Waals surface area contributed by atoms with Crippen LogP contribution < -0.4 is 16.2 Å². The minimum Gasteiger partial charge on any atom is -0.463 e. The fraction of sp³-hybridized carbons (Fsp3) is 0.818. The van der Waals surface area contributed by atoms with Crippen molar-refractivity contribution >= 4 is 31.3 Å². The molecule has 2 fully saturated rings. The van der Waals surface area contributed by atoms with Gasteiger partial charge in [-0.05, 0) is 32.1 Å². The Morgan fingerprint density at radius 2 is 1.51 bits per heavy atom. The zero-order chi connectivity index (χ0) is 25.7. The lowest BCUT2D eigenvalue weighted by Crippen LogP contribution is -2.43. The first kappa shape index (κ1) is 29.2. The number of nitrogens with one attached hydrogen (secondary N) is 3. The predicted octanol–water partition coefficient (Wildman–Crippen LogP) is 1.17. The van der Waals surface area contributed by atoms with Crippen molar-refractivity contribution in [3.05, 3.63) is 0 Å². The van der Waals surface area contributed by atoms with Gasteiger partial charge in [-0.2, -0.15) is 0 Å². The monoisotopic (exact) mass is 519 g/mol. The van der Waals surface area contributed by atoms with Gasteiger partial charge in [0, 0.05) is 25.3 Å². The Labute approximate surface area is 205 Å². The first-order chi connectivity index (χ1) is 16.7. The molecule has 35 heavy (non-hydrogen) atoms. The maximum absolute atomic E-state index is 12.5. The van der Waals surface area contributed by atoms with Gasteiger partial charge in [-0.1, -0.05) is 25.7 Å². The molecule has 12 nitrogen and oxygen atoms in total. The SMILES string of the molecule is CC(=O)OCC(COC(=O)CNNC(=O)C1CCCC1)OP(=O)(O)CCCNC(=O)C1CCCC1. The van der Waals surface area contributed by atoms with Crippen LogP contribution in [-0.2, 0) is 37.7 Å². The third kappa shape index (κ3) is 12.0. The second kappa shape index (κ2) is 15.2. The molecule has 2 unspecified atom stereocenters. The van der Waals surface area contributed by atoms with Crippen molar-refractivity contribution in [1.29, 1.82) is 0 Å². The third-order valence-electron chi connectivity index (χ3n) is 6.03. The number of hydrogen-bond donors (Lipinski definition) is 4. The zero-order valence-corrected chi connectivity index (χ0v) is 21.2. The highest BCUT2D eigenvalue weighted by Crippen LogP contribution is 2.43. The first-order valence-corrected chi connectivity index (χ1v) is 14.0. The lowest BCUT2D eigenvalue weighted by Gasteiger charge is -2.21. The molecule has 2 aliphatic carbocycles. The number of hydrazine groups is 1. The highest BCUT2D eigenvalue weighted by molar-refractivity contribution is 7.52. The van der Waals surface area contributed by atoms with Crippen molar-refractivity contribution < 1.29 is 42.6 Å². The van der Waals surface area contributed by atoms with Crippen LogP contribution in [0.4, 0.5) is 0 Å². The van der Waals surface area contributed by atoms with Gasteiger partial charge in [-0.15, -0.1) is 0 Å². The van der Waals surface area contributed by atoms with Crippen LogP contribution in [0.25, 0.3) is 0 Å². The number of amides is 2. The molecular weight excluding hydrogens is 481 g/mol. The molecule has 0 bridgehead atoms. The van der Waals surface area contributed by atoms with E-state index in [4.69, 9.17) is 14.0 Å². The predicted molar refractivity (Wildman–Crippen MR) is 125 cm³/mol. The molecule has 200 valence electrons. The van der Waals surface area contributed by atoms with E-state index in [0.717, 1.165) is 51.4 Å². The van der Waals surface area contributed by atoms with E-state index < -0.39 is 32.2 Å². The van der Waals surface area contributed by atoms with Gasteiger partial charge in [0.25, 0.3) is 0 Å². The first-order valence-electron chi connectivity index (χ1n) is 12.3. The molecule has 0 saturated heterocycles. The minimum atomic E-state index is -4.11. The summed E-state index contributed by atoms with van der Waals surface area (Å²) in [4.78, 5) is 57.2. The smallest absolute Gasteiger partial charge is 0.328 e. The lowest BCUT2D eigenvalue weighted by atomic mass is 10.1. The van der Waals surface area contributed by atoms with Crippen molar-refractivity contribution in [2.45, 2.75) is 70.8 Å². The number of ether oxygens (including phenoxy) is 2. The maximum atomic E-state index is 12.5. The summed E-state index contributed by atoms with van der Waals surface area (Å²) in [7, 11) is -4.11. The summed E-state index contributed by atoms with van der Waals surface area (Å²) in [6, 6.07) is 0. The van der Waals surface area contributed by atoms with Crippen LogP contribution in [0, 0.1) is 11.8 Å². The van der Waals surface area contributed by atoms with Crippen molar-refractivity contribution in [3.8, 4) is 0 Å². The number of hydrogen-bond acceptors (Lipinski definition) is 9. The van der Waals surface area contributed by atoms with Crippen LogP contribution in [0.2, 0.25) is 0 Å². The minimum absolute atomic E-state index is 0.0143. The van der Waals surface area contributed by atoms with E-state index in [1.165, 1.54) is 6.92 Å². The molecule has 0 aromatic rings. The van der Waals surface area contributed by atoms with E-state index in [-0.39, 0.29) is 55.9 Å². The number of rotatable bonds is 15. The Balaban J connectivity index is 1.69. The van der Waals surface area contributed by atoms with E-state index in [0.29, 0.717) is 0 Å². The van der Waals surface area contributed by atoms with E-state index in [2.05, 4.69) is 16.2 Å². The van der Waals surface area contributed by atoms with Crippen LogP contribution >= 0.6 is 7.60 Å². The molecule has 0 aromatic carbocycles. The topological polar surface area (TPSA) is 169 Å². The normalized spacial score (nSPS) is 19.0. The third-order valence-corrected chi connectivity index (χ3v) is 7.54. The molecule has 2 rings (SSSR count). The van der Waals surface area contributed by atoms with Crippen LogP contribution in [0.15, 0.2) is 0 Å². The van der Waals surface area contributed by atoms with Gasteiger partial charge in [-0.3, -0.25) is 33.7 Å². The Morgan fingerprint density at radius 1 is 0.943 bits per heavy atom. The summed E-state index contributed by atoms with van der Waals surface area (Å²) in [6.45, 7) is 0.303. The fourth-order valence-electron chi connectivity index (χ4n) is 4.16. The van der Waals surface area contributed by atoms with Crippen LogP contribution in [0.5, 0.6) is 0 Å². The quantitative estimate of drug-likeness (QED) is 0.107. The second-order valence-corrected chi connectivity index (χ2v) is 11.0. The van der Waals surface area contributed by atoms with E-state index in [1.807, 2.05) is 0 Å². The zero-order valence-electron chi connectivity index (χ0n) is 20.3. The molecule has 4 N–H and O–H groups in total. The summed E-state index contributed by atoms with van der Waals surface area (Å²) in [5, 5.41) is 2.77. The molecule has 2 atom stereocenters. The second-order valence-electron chi connectivity index (χ2n) is 9.02. The highest BCUT2D eigenvalue weighted by Gasteiger charge is 2.28. The average molecular weight is 520 g/mol. The van der Waals surface area contributed by atoms with E-state index in [9.17, 15) is 28.6 Å². The Morgan fingerprint density at radius 3 is 2.11 bits per heavy atom. The van der Waals surface area contributed by atoms with Crippen LogP contribution in [0.3, 0.4) is 0 Å². The molecule has 0 heterocycles. The Kier molecular flexibility index (Phi) is 12.7. The summed E-state index contributed by atoms with van der Waals surface area (Å²) in [5.41, 5.74) is 4.98. The maximum Gasteiger partial charge on any atom is 0.328 e. The highest BCUT2D eigenvalue weighted by atomic mass is 31.2. The van der Waals surface area contributed by atoms with Gasteiger partial charge in [0.2, 0.25) is 11.8 Å². The molecule has 0 spiro atoms. The van der Waals surface area contributed by atoms with Crippen LogP contribution in [-0.4, -0.2) is 67.2 Å². The van der Waals surface area contributed by atoms with Crippen molar-refractivity contribution in [1.82, 2.24) is 16.2 Å². The molecular formula is C22H38N3O9P. The number of esters is 2. The Bertz CT molecular complexity index is 767. The molecule has 2 saturated carbocycles. The van der Waals surface area contributed by atoms with Crippen molar-refractivity contribution in [3.63, 3.8) is 0 Å². The number of carbonyl (C=O) groups excluding carboxylic acids is 4. The lowest BCUT2D eigenvalue weighted by molar-refractivity contribution is -0.149. The molecule has 0 aliphatic heterocycles. The standard InChI is InChI=1S/C22H38N3O9P/c1-16(26)32-14-19(15-33-20(27)13-24-25-22(29)18-9-4-5-10-18)34-35(30,31)12-6-11-23-21(28)17-7-2-3-8-17/h17-19,24H,2-15H2,1H3,(H,23,28)(H,25,29)(H,30,31). The van der Waals surface area contributed by atoms with Crippen LogP contribution in [0.1, 0.15) is 64.7 Å². The summed E-state index contributed by atoms with van der Waals surface area (Å²) in [5.74, 6) is -1.61. The van der Waals surface area contributed by atoms with E-state index in [1.54, 1.807) is 0 Å². The molecule has 0 radical (unpaired) electrons. The summed E-state index contributed by atoms with van der Waals surface area (Å²) in [6.07, 6.45) is 6.31. The van der Waals surface area contributed by atoms with Crippen molar-refractivity contribution in [2.24, 2.45) is 11.8 Å².